The van der Waals surface area contributed by atoms with Crippen LogP contribution in [0.5, 0.6) is 0 Å². The van der Waals surface area contributed by atoms with Gasteiger partial charge in [-0.1, -0.05) is 28.1 Å². The lowest BCUT2D eigenvalue weighted by Gasteiger charge is -2.15. The molecule has 0 saturated carbocycles. The number of anilines is 4. The fraction of sp³-hybridized carbons (Fsp3) is 0.105. The Morgan fingerprint density at radius 1 is 1.04 bits per heavy atom. The van der Waals surface area contributed by atoms with Crippen LogP contribution < -0.4 is 21.9 Å². The molecule has 0 bridgehead atoms. The highest BCUT2D eigenvalue weighted by atomic mass is 79.9. The summed E-state index contributed by atoms with van der Waals surface area (Å²) in [5, 5.41) is 3.21. The van der Waals surface area contributed by atoms with E-state index in [2.05, 4.69) is 42.1 Å². The van der Waals surface area contributed by atoms with Gasteiger partial charge in [-0.15, -0.1) is 0 Å². The lowest BCUT2D eigenvalue weighted by atomic mass is 10.1. The van der Waals surface area contributed by atoms with Gasteiger partial charge in [-0.25, -0.2) is 9.97 Å². The van der Waals surface area contributed by atoms with Crippen LogP contribution in [0.15, 0.2) is 53.3 Å². The quantitative estimate of drug-likeness (QED) is 0.460. The average Bonchev–Trinajstić information content (AvgIpc) is 2.66. The fourth-order valence-corrected chi connectivity index (χ4v) is 2.66. The molecule has 0 radical (unpaired) electrons. The molecule has 27 heavy (non-hydrogen) atoms. The highest BCUT2D eigenvalue weighted by molar-refractivity contribution is 9.10. The molecule has 5 N–H and O–H groups in total. The fourth-order valence-electron chi connectivity index (χ4n) is 2.40. The van der Waals surface area contributed by atoms with Crippen LogP contribution in [-0.2, 0) is 0 Å². The second-order valence-corrected chi connectivity index (χ2v) is 6.86. The van der Waals surface area contributed by atoms with E-state index in [4.69, 9.17) is 5.73 Å². The Bertz CT molecular complexity index is 974. The van der Waals surface area contributed by atoms with E-state index in [-0.39, 0.29) is 5.91 Å². The number of carbonyl (C=O) groups excluding carboxylic acids is 1. The Kier molecular flexibility index (Phi) is 5.56. The van der Waals surface area contributed by atoms with Crippen molar-refractivity contribution in [3.05, 3.63) is 70.0 Å². The molecule has 0 spiro atoms. The first-order chi connectivity index (χ1) is 13.0. The summed E-state index contributed by atoms with van der Waals surface area (Å²) in [5.41, 5.74) is 15.5. The van der Waals surface area contributed by atoms with Gasteiger partial charge in [0.15, 0.2) is 11.6 Å². The van der Waals surface area contributed by atoms with Gasteiger partial charge in [-0.05, 0) is 55.3 Å². The number of aromatic nitrogens is 2. The second-order valence-electron chi connectivity index (χ2n) is 5.94. The number of nitrogens with two attached hydrogens (primary N) is 1. The summed E-state index contributed by atoms with van der Waals surface area (Å²) in [4.78, 5) is 20.5. The summed E-state index contributed by atoms with van der Waals surface area (Å²) in [5.74, 6) is 0.465. The summed E-state index contributed by atoms with van der Waals surface area (Å²) in [6.45, 7) is 4.06. The van der Waals surface area contributed by atoms with Gasteiger partial charge in [0.05, 0.1) is 0 Å². The lowest BCUT2D eigenvalue weighted by Crippen LogP contribution is -2.30. The molecule has 7 nitrogen and oxygen atoms in total. The Balaban J connectivity index is 1.74. The molecule has 0 aliphatic rings. The first kappa shape index (κ1) is 18.7. The minimum atomic E-state index is -0.301. The van der Waals surface area contributed by atoms with Gasteiger partial charge in [0.25, 0.3) is 5.91 Å². The summed E-state index contributed by atoms with van der Waals surface area (Å²) < 4.78 is 0.897. The van der Waals surface area contributed by atoms with Gasteiger partial charge < -0.3 is 11.1 Å². The SMILES string of the molecule is Cc1cccc(Nc2ncnc(NNC(=O)c3ccc(Br)cc3)c2N)c1C. The molecule has 0 aliphatic carbocycles. The van der Waals surface area contributed by atoms with Crippen molar-refractivity contribution in [1.82, 2.24) is 15.4 Å². The molecule has 0 saturated heterocycles. The summed E-state index contributed by atoms with van der Waals surface area (Å²) in [7, 11) is 0. The maximum Gasteiger partial charge on any atom is 0.269 e. The van der Waals surface area contributed by atoms with E-state index in [0.717, 1.165) is 21.3 Å². The predicted octanol–water partition coefficient (Wildman–Crippen LogP) is 3.94. The van der Waals surface area contributed by atoms with Crippen LogP contribution in [0.4, 0.5) is 23.0 Å². The maximum absolute atomic E-state index is 12.2. The lowest BCUT2D eigenvalue weighted by molar-refractivity contribution is 0.0962. The molecular weight excluding hydrogens is 408 g/mol. The van der Waals surface area contributed by atoms with Crippen LogP contribution in [0.2, 0.25) is 0 Å². The van der Waals surface area contributed by atoms with Gasteiger partial charge in [-0.2, -0.15) is 0 Å². The topological polar surface area (TPSA) is 105 Å². The Morgan fingerprint density at radius 2 is 1.74 bits per heavy atom. The minimum Gasteiger partial charge on any atom is -0.393 e. The number of nitrogens with one attached hydrogen (secondary N) is 3. The molecule has 0 aliphatic heterocycles. The number of hydrazine groups is 1. The highest BCUT2D eigenvalue weighted by Crippen LogP contribution is 2.27. The summed E-state index contributed by atoms with van der Waals surface area (Å²) >= 11 is 3.34. The molecule has 1 aromatic heterocycles. The van der Waals surface area contributed by atoms with Crippen molar-refractivity contribution in [3.8, 4) is 0 Å². The number of halogens is 1. The molecule has 2 aromatic carbocycles. The molecule has 138 valence electrons. The van der Waals surface area contributed by atoms with Crippen molar-refractivity contribution in [1.29, 1.82) is 0 Å². The summed E-state index contributed by atoms with van der Waals surface area (Å²) in [6.07, 6.45) is 1.37. The third kappa shape index (κ3) is 4.35. The molecule has 0 atom stereocenters. The average molecular weight is 427 g/mol. The van der Waals surface area contributed by atoms with E-state index in [0.29, 0.717) is 22.9 Å². The number of hydrogen-bond donors (Lipinski definition) is 4. The number of benzene rings is 2. The first-order valence-corrected chi connectivity index (χ1v) is 9.00. The number of rotatable bonds is 5. The predicted molar refractivity (Wildman–Crippen MR) is 111 cm³/mol. The van der Waals surface area contributed by atoms with Crippen LogP contribution >= 0.6 is 15.9 Å². The van der Waals surface area contributed by atoms with Crippen LogP contribution in [0.25, 0.3) is 0 Å². The number of hydrogen-bond acceptors (Lipinski definition) is 6. The maximum atomic E-state index is 12.2. The zero-order chi connectivity index (χ0) is 19.4. The van der Waals surface area contributed by atoms with Gasteiger partial charge in [0, 0.05) is 15.7 Å². The molecule has 1 amide bonds. The van der Waals surface area contributed by atoms with Gasteiger partial charge in [0.2, 0.25) is 0 Å². The van der Waals surface area contributed by atoms with E-state index in [1.807, 2.05) is 32.0 Å². The van der Waals surface area contributed by atoms with Crippen LogP contribution in [0.3, 0.4) is 0 Å². The van der Waals surface area contributed by atoms with E-state index in [1.165, 1.54) is 6.33 Å². The second kappa shape index (κ2) is 8.05. The van der Waals surface area contributed by atoms with Crippen LogP contribution in [0.1, 0.15) is 21.5 Å². The zero-order valence-corrected chi connectivity index (χ0v) is 16.5. The normalized spacial score (nSPS) is 10.3. The molecule has 0 unspecified atom stereocenters. The molecule has 1 heterocycles. The first-order valence-electron chi connectivity index (χ1n) is 8.21. The smallest absolute Gasteiger partial charge is 0.269 e. The number of aryl methyl sites for hydroxylation is 1. The van der Waals surface area contributed by atoms with Crippen LogP contribution in [0, 0.1) is 13.8 Å². The number of nitrogens with zero attached hydrogens (tertiary/aromatic N) is 2. The Labute approximate surface area is 165 Å². The van der Waals surface area contributed by atoms with Gasteiger partial charge in [-0.3, -0.25) is 15.6 Å². The molecular formula is C19H19BrN6O. The van der Waals surface area contributed by atoms with Crippen molar-refractivity contribution in [2.75, 3.05) is 16.5 Å². The zero-order valence-electron chi connectivity index (χ0n) is 14.9. The largest absolute Gasteiger partial charge is 0.393 e. The Hall–Kier alpha value is -3.13. The van der Waals surface area contributed by atoms with Crippen molar-refractivity contribution >= 4 is 44.8 Å². The van der Waals surface area contributed by atoms with E-state index >= 15 is 0 Å². The van der Waals surface area contributed by atoms with Crippen molar-refractivity contribution in [2.45, 2.75) is 13.8 Å². The van der Waals surface area contributed by atoms with Crippen LogP contribution in [-0.4, -0.2) is 15.9 Å². The van der Waals surface area contributed by atoms with Gasteiger partial charge in [0.1, 0.15) is 12.0 Å². The molecule has 8 heteroatoms. The van der Waals surface area contributed by atoms with E-state index < -0.39 is 0 Å². The third-order valence-corrected chi connectivity index (χ3v) is 4.67. The van der Waals surface area contributed by atoms with Gasteiger partial charge >= 0.3 is 0 Å². The van der Waals surface area contributed by atoms with Crippen molar-refractivity contribution in [2.24, 2.45) is 0 Å². The Morgan fingerprint density at radius 3 is 2.48 bits per heavy atom. The number of carbonyl (C=O) groups is 1. The number of amides is 1. The standard InChI is InChI=1S/C19H19BrN6O/c1-11-4-3-5-15(12(11)2)24-17-16(21)18(23-10-22-17)25-26-19(27)13-6-8-14(20)9-7-13/h3-10H,21H2,1-2H3,(H,26,27)(H2,22,23,24,25). The molecule has 0 fully saturated rings. The van der Waals surface area contributed by atoms with E-state index in [1.54, 1.807) is 24.3 Å². The highest BCUT2D eigenvalue weighted by Gasteiger charge is 2.11. The molecule has 3 aromatic rings. The third-order valence-electron chi connectivity index (χ3n) is 4.14. The minimum absolute atomic E-state index is 0.300. The number of nitrogen functional groups attached to an aromatic ring is 1. The van der Waals surface area contributed by atoms with Crippen molar-refractivity contribution in [3.63, 3.8) is 0 Å². The summed E-state index contributed by atoms with van der Waals surface area (Å²) in [6, 6.07) is 12.9. The molecule has 3 rings (SSSR count). The monoisotopic (exact) mass is 426 g/mol. The van der Waals surface area contributed by atoms with Crippen molar-refractivity contribution < 1.29 is 4.79 Å². The van der Waals surface area contributed by atoms with E-state index in [9.17, 15) is 4.79 Å².